The lowest BCUT2D eigenvalue weighted by molar-refractivity contribution is 0.0954. The highest BCUT2D eigenvalue weighted by atomic mass is 16.2. The van der Waals surface area contributed by atoms with E-state index in [2.05, 4.69) is 15.8 Å². The number of rotatable bonds is 6. The van der Waals surface area contributed by atoms with E-state index in [9.17, 15) is 9.59 Å². The van der Waals surface area contributed by atoms with Gasteiger partial charge in [-0.15, -0.1) is 0 Å². The van der Waals surface area contributed by atoms with Crippen LogP contribution in [0.1, 0.15) is 31.8 Å². The van der Waals surface area contributed by atoms with Crippen LogP contribution in [0.5, 0.6) is 0 Å². The molecule has 0 fully saturated rings. The zero-order valence-electron chi connectivity index (χ0n) is 17.2. The monoisotopic (exact) mass is 400 g/mol. The summed E-state index contributed by atoms with van der Waals surface area (Å²) in [5.74, 6) is -0.523. The lowest BCUT2D eigenvalue weighted by Gasteiger charge is -2.11. The van der Waals surface area contributed by atoms with E-state index >= 15 is 0 Å². The van der Waals surface area contributed by atoms with Gasteiger partial charge in [-0.3, -0.25) is 9.59 Å². The molecule has 0 aromatic heterocycles. The number of nitrogens with one attached hydrogen (secondary N) is 2. The molecule has 3 aromatic rings. The van der Waals surface area contributed by atoms with Crippen LogP contribution < -0.4 is 15.6 Å². The minimum Gasteiger partial charge on any atom is -0.378 e. The molecule has 3 rings (SSSR count). The largest absolute Gasteiger partial charge is 0.378 e. The highest BCUT2D eigenvalue weighted by Crippen LogP contribution is 2.13. The van der Waals surface area contributed by atoms with Gasteiger partial charge in [-0.25, -0.2) is 5.43 Å². The van der Waals surface area contributed by atoms with Gasteiger partial charge in [-0.1, -0.05) is 29.8 Å². The van der Waals surface area contributed by atoms with Crippen molar-refractivity contribution in [3.8, 4) is 0 Å². The number of hydrogen-bond acceptors (Lipinski definition) is 4. The molecule has 0 heterocycles. The number of hydrazone groups is 1. The molecule has 0 aliphatic heterocycles. The molecular formula is C24H24N4O2. The quantitative estimate of drug-likeness (QED) is 0.484. The molecule has 2 amide bonds. The second kappa shape index (κ2) is 9.52. The van der Waals surface area contributed by atoms with E-state index in [1.807, 2.05) is 62.3 Å². The number of benzene rings is 3. The van der Waals surface area contributed by atoms with Crippen LogP contribution in [0.15, 0.2) is 77.9 Å². The smallest absolute Gasteiger partial charge is 0.271 e. The summed E-state index contributed by atoms with van der Waals surface area (Å²) >= 11 is 0. The summed E-state index contributed by atoms with van der Waals surface area (Å²) in [6.07, 6.45) is 1.59. The number of anilines is 2. The van der Waals surface area contributed by atoms with E-state index in [0.29, 0.717) is 16.8 Å². The third kappa shape index (κ3) is 5.54. The van der Waals surface area contributed by atoms with Crippen molar-refractivity contribution in [1.29, 1.82) is 0 Å². The summed E-state index contributed by atoms with van der Waals surface area (Å²) in [5, 5.41) is 6.82. The Bertz CT molecular complexity index is 1040. The van der Waals surface area contributed by atoms with Crippen molar-refractivity contribution in [3.63, 3.8) is 0 Å². The number of amides is 2. The van der Waals surface area contributed by atoms with Crippen LogP contribution in [0.25, 0.3) is 0 Å². The second-order valence-corrected chi connectivity index (χ2v) is 7.08. The van der Waals surface area contributed by atoms with E-state index in [1.165, 1.54) is 0 Å². The molecule has 30 heavy (non-hydrogen) atoms. The summed E-state index contributed by atoms with van der Waals surface area (Å²) in [6.45, 7) is 1.97. The predicted octanol–water partition coefficient (Wildman–Crippen LogP) is 4.08. The molecule has 152 valence electrons. The van der Waals surface area contributed by atoms with Crippen molar-refractivity contribution in [2.45, 2.75) is 6.92 Å². The molecule has 0 unspecified atom stereocenters. The Morgan fingerprint density at radius 1 is 0.800 bits per heavy atom. The molecule has 0 bridgehead atoms. The van der Waals surface area contributed by atoms with Crippen LogP contribution >= 0.6 is 0 Å². The van der Waals surface area contributed by atoms with Crippen molar-refractivity contribution >= 4 is 29.4 Å². The number of carbonyl (C=O) groups is 2. The molecule has 0 aliphatic rings. The van der Waals surface area contributed by atoms with Crippen LogP contribution in [-0.2, 0) is 0 Å². The Morgan fingerprint density at radius 3 is 1.97 bits per heavy atom. The maximum atomic E-state index is 12.3. The molecule has 0 aliphatic carbocycles. The Hall–Kier alpha value is -3.93. The SMILES string of the molecule is Cc1ccc(C(=O)Nc2ccc(C(=O)N/N=C\c3ccc(N(C)C)cc3)cc2)cc1. The van der Waals surface area contributed by atoms with E-state index in [1.54, 1.807) is 42.6 Å². The average Bonchev–Trinajstić information content (AvgIpc) is 2.75. The lowest BCUT2D eigenvalue weighted by Crippen LogP contribution is -2.18. The third-order valence-electron chi connectivity index (χ3n) is 4.51. The number of hydrogen-bond donors (Lipinski definition) is 2. The zero-order valence-corrected chi connectivity index (χ0v) is 17.2. The van der Waals surface area contributed by atoms with Crippen LogP contribution in [-0.4, -0.2) is 32.1 Å². The van der Waals surface area contributed by atoms with Crippen LogP contribution in [0.4, 0.5) is 11.4 Å². The van der Waals surface area contributed by atoms with E-state index in [-0.39, 0.29) is 11.8 Å². The Morgan fingerprint density at radius 2 is 1.37 bits per heavy atom. The minimum absolute atomic E-state index is 0.197. The molecule has 2 N–H and O–H groups in total. The molecule has 0 saturated carbocycles. The average molecular weight is 400 g/mol. The standard InChI is InChI=1S/C24H24N4O2/c1-17-4-8-19(9-5-17)23(29)26-21-12-10-20(11-13-21)24(30)27-25-16-18-6-14-22(15-7-18)28(2)3/h4-16H,1-3H3,(H,26,29)(H,27,30)/b25-16-. The number of aryl methyl sites for hydroxylation is 1. The predicted molar refractivity (Wildman–Crippen MR) is 121 cm³/mol. The Labute approximate surface area is 176 Å². The molecule has 0 atom stereocenters. The summed E-state index contributed by atoms with van der Waals surface area (Å²) < 4.78 is 0. The fourth-order valence-electron chi connectivity index (χ4n) is 2.70. The van der Waals surface area contributed by atoms with Gasteiger partial charge in [-0.05, 0) is 61.0 Å². The first-order chi connectivity index (χ1) is 14.4. The van der Waals surface area contributed by atoms with Gasteiger partial charge in [0.05, 0.1) is 6.21 Å². The Kier molecular flexibility index (Phi) is 6.60. The van der Waals surface area contributed by atoms with Crippen molar-refractivity contribution < 1.29 is 9.59 Å². The third-order valence-corrected chi connectivity index (χ3v) is 4.51. The first-order valence-electron chi connectivity index (χ1n) is 9.51. The Balaban J connectivity index is 1.55. The molecule has 3 aromatic carbocycles. The number of nitrogens with zero attached hydrogens (tertiary/aromatic N) is 2. The molecule has 0 spiro atoms. The first-order valence-corrected chi connectivity index (χ1v) is 9.51. The summed E-state index contributed by atoms with van der Waals surface area (Å²) in [7, 11) is 3.95. The van der Waals surface area contributed by atoms with E-state index in [0.717, 1.165) is 16.8 Å². The number of carbonyl (C=O) groups excluding carboxylic acids is 2. The highest BCUT2D eigenvalue weighted by molar-refractivity contribution is 6.04. The van der Waals surface area contributed by atoms with E-state index < -0.39 is 0 Å². The highest BCUT2D eigenvalue weighted by Gasteiger charge is 2.08. The fourth-order valence-corrected chi connectivity index (χ4v) is 2.70. The minimum atomic E-state index is -0.326. The van der Waals surface area contributed by atoms with Gasteiger partial charge in [0.1, 0.15) is 0 Å². The fraction of sp³-hybridized carbons (Fsp3) is 0.125. The molecular weight excluding hydrogens is 376 g/mol. The molecule has 6 heteroatoms. The van der Waals surface area contributed by atoms with Crippen molar-refractivity contribution in [3.05, 3.63) is 95.1 Å². The van der Waals surface area contributed by atoms with Gasteiger partial charge >= 0.3 is 0 Å². The summed E-state index contributed by atoms with van der Waals surface area (Å²) in [6, 6.07) is 21.8. The normalized spacial score (nSPS) is 10.6. The maximum Gasteiger partial charge on any atom is 0.271 e. The zero-order chi connectivity index (χ0) is 21.5. The maximum absolute atomic E-state index is 12.3. The van der Waals surface area contributed by atoms with Crippen LogP contribution in [0.3, 0.4) is 0 Å². The van der Waals surface area contributed by atoms with E-state index in [4.69, 9.17) is 0 Å². The van der Waals surface area contributed by atoms with Crippen LogP contribution in [0, 0.1) is 6.92 Å². The van der Waals surface area contributed by atoms with Crippen molar-refractivity contribution in [2.24, 2.45) is 5.10 Å². The van der Waals surface area contributed by atoms with Gasteiger partial charge in [0.2, 0.25) is 0 Å². The second-order valence-electron chi connectivity index (χ2n) is 7.08. The first kappa shape index (κ1) is 20.8. The van der Waals surface area contributed by atoms with Gasteiger partial charge in [0, 0.05) is 36.6 Å². The van der Waals surface area contributed by atoms with Crippen LogP contribution in [0.2, 0.25) is 0 Å². The molecule has 6 nitrogen and oxygen atoms in total. The summed E-state index contributed by atoms with van der Waals surface area (Å²) in [4.78, 5) is 26.5. The van der Waals surface area contributed by atoms with Gasteiger partial charge in [0.25, 0.3) is 11.8 Å². The van der Waals surface area contributed by atoms with Crippen molar-refractivity contribution in [1.82, 2.24) is 5.43 Å². The summed E-state index contributed by atoms with van der Waals surface area (Å²) in [5.41, 5.74) is 7.21. The van der Waals surface area contributed by atoms with Crippen molar-refractivity contribution in [2.75, 3.05) is 24.3 Å². The lowest BCUT2D eigenvalue weighted by atomic mass is 10.1. The molecule has 0 saturated heterocycles. The topological polar surface area (TPSA) is 73.8 Å². The van der Waals surface area contributed by atoms with Gasteiger partial charge in [-0.2, -0.15) is 5.10 Å². The van der Waals surface area contributed by atoms with Gasteiger partial charge < -0.3 is 10.2 Å². The van der Waals surface area contributed by atoms with Gasteiger partial charge in [0.15, 0.2) is 0 Å². The molecule has 0 radical (unpaired) electrons.